The minimum atomic E-state index is -4.49. The Bertz CT molecular complexity index is 628. The van der Waals surface area contributed by atoms with Gasteiger partial charge in [0.05, 0.1) is 0 Å². The largest absolute Gasteiger partial charge is 0.414 e. The molecule has 1 atom stereocenters. The van der Waals surface area contributed by atoms with E-state index in [1.807, 2.05) is 12.1 Å². The Kier molecular flexibility index (Phi) is 8.53. The van der Waals surface area contributed by atoms with E-state index in [0.29, 0.717) is 17.0 Å². The SMILES string of the molecule is CCCCCO[Si](OC(CBr)C(F)(F)F)(c1ccccc1)c1ccccc1. The van der Waals surface area contributed by atoms with Crippen LogP contribution in [0.5, 0.6) is 0 Å². The molecule has 0 aliphatic heterocycles. The number of rotatable bonds is 10. The number of alkyl halides is 4. The number of halogens is 4. The smallest absolute Gasteiger partial charge is 0.388 e. The third-order valence-electron chi connectivity index (χ3n) is 4.17. The average Bonchev–Trinajstić information content (AvgIpc) is 2.68. The molecule has 0 N–H and O–H groups in total. The van der Waals surface area contributed by atoms with Crippen LogP contribution in [0.2, 0.25) is 0 Å². The third-order valence-corrected chi connectivity index (χ3v) is 8.18. The lowest BCUT2D eigenvalue weighted by atomic mass is 10.3. The van der Waals surface area contributed by atoms with Crippen LogP contribution in [0.15, 0.2) is 60.7 Å². The zero-order valence-corrected chi connectivity index (χ0v) is 17.8. The van der Waals surface area contributed by atoms with E-state index in [9.17, 15) is 13.2 Å². The van der Waals surface area contributed by atoms with Gasteiger partial charge in [-0.3, -0.25) is 0 Å². The highest BCUT2D eigenvalue weighted by molar-refractivity contribution is 9.09. The third kappa shape index (κ3) is 5.91. The van der Waals surface area contributed by atoms with Gasteiger partial charge in [-0.05, 0) is 16.8 Å². The number of unbranched alkanes of at least 4 members (excludes halogenated alkanes) is 2. The summed E-state index contributed by atoms with van der Waals surface area (Å²) in [6.07, 6.45) is -3.70. The summed E-state index contributed by atoms with van der Waals surface area (Å²) < 4.78 is 52.7. The van der Waals surface area contributed by atoms with Crippen molar-refractivity contribution in [1.29, 1.82) is 0 Å². The van der Waals surface area contributed by atoms with Gasteiger partial charge in [0.25, 0.3) is 0 Å². The zero-order chi connectivity index (χ0) is 19.8. The van der Waals surface area contributed by atoms with Crippen molar-refractivity contribution in [3.8, 4) is 0 Å². The molecule has 0 saturated carbocycles. The van der Waals surface area contributed by atoms with Gasteiger partial charge in [0.1, 0.15) is 0 Å². The van der Waals surface area contributed by atoms with Crippen molar-refractivity contribution >= 4 is 34.9 Å². The average molecular weight is 461 g/mol. The summed E-state index contributed by atoms with van der Waals surface area (Å²) in [5.74, 6) is 0. The summed E-state index contributed by atoms with van der Waals surface area (Å²) >= 11 is 2.96. The Hall–Kier alpha value is -1.15. The molecule has 1 unspecified atom stereocenters. The first-order chi connectivity index (χ1) is 12.9. The van der Waals surface area contributed by atoms with Crippen molar-refractivity contribution in [3.05, 3.63) is 60.7 Å². The van der Waals surface area contributed by atoms with Crippen LogP contribution in [-0.2, 0) is 8.85 Å². The number of hydrogen-bond acceptors (Lipinski definition) is 2. The van der Waals surface area contributed by atoms with Crippen LogP contribution in [0, 0.1) is 0 Å². The van der Waals surface area contributed by atoms with Gasteiger partial charge in [-0.25, -0.2) is 0 Å². The fourth-order valence-electron chi connectivity index (χ4n) is 2.77. The van der Waals surface area contributed by atoms with Crippen LogP contribution in [0.4, 0.5) is 13.2 Å². The molecule has 0 amide bonds. The van der Waals surface area contributed by atoms with E-state index in [0.717, 1.165) is 19.3 Å². The van der Waals surface area contributed by atoms with E-state index in [1.165, 1.54) is 0 Å². The standard InChI is InChI=1S/C20H24BrF3O2Si/c1-2-3-10-15-25-27(17-11-6-4-7-12-17,18-13-8-5-9-14-18)26-19(16-21)20(22,23)24/h4-9,11-14,19H,2-3,10,15-16H2,1H3. The van der Waals surface area contributed by atoms with Gasteiger partial charge in [-0.15, -0.1) is 0 Å². The molecule has 7 heteroatoms. The van der Waals surface area contributed by atoms with E-state index in [1.54, 1.807) is 48.5 Å². The number of hydrogen-bond donors (Lipinski definition) is 0. The van der Waals surface area contributed by atoms with E-state index in [2.05, 4.69) is 22.9 Å². The van der Waals surface area contributed by atoms with Crippen LogP contribution >= 0.6 is 15.9 Å². The maximum absolute atomic E-state index is 13.5. The molecule has 2 rings (SSSR count). The van der Waals surface area contributed by atoms with Crippen LogP contribution in [0.3, 0.4) is 0 Å². The second-order valence-corrected chi connectivity index (χ2v) is 9.77. The minimum Gasteiger partial charge on any atom is -0.388 e. The number of benzene rings is 2. The molecule has 2 aromatic rings. The van der Waals surface area contributed by atoms with Crippen molar-refractivity contribution in [3.63, 3.8) is 0 Å². The van der Waals surface area contributed by atoms with E-state index in [4.69, 9.17) is 8.85 Å². The second-order valence-electron chi connectivity index (χ2n) is 6.21. The van der Waals surface area contributed by atoms with E-state index >= 15 is 0 Å². The Labute approximate surface area is 168 Å². The molecule has 0 spiro atoms. The van der Waals surface area contributed by atoms with Gasteiger partial charge in [0.15, 0.2) is 6.10 Å². The van der Waals surface area contributed by atoms with Gasteiger partial charge >= 0.3 is 14.7 Å². The highest BCUT2D eigenvalue weighted by Crippen LogP contribution is 2.28. The summed E-state index contributed by atoms with van der Waals surface area (Å²) in [4.78, 5) is 0. The monoisotopic (exact) mass is 460 g/mol. The molecule has 0 bridgehead atoms. The van der Waals surface area contributed by atoms with E-state index < -0.39 is 20.8 Å². The first-order valence-electron chi connectivity index (χ1n) is 8.99. The Morgan fingerprint density at radius 3 is 1.85 bits per heavy atom. The molecule has 0 radical (unpaired) electrons. The van der Waals surface area contributed by atoms with Gasteiger partial charge in [0.2, 0.25) is 0 Å². The molecule has 0 fully saturated rings. The molecule has 0 aliphatic rings. The molecule has 0 heterocycles. The van der Waals surface area contributed by atoms with E-state index in [-0.39, 0.29) is 5.33 Å². The Balaban J connectivity index is 2.51. The van der Waals surface area contributed by atoms with Crippen LogP contribution in [-0.4, -0.2) is 32.8 Å². The Morgan fingerprint density at radius 2 is 1.44 bits per heavy atom. The molecule has 0 aliphatic carbocycles. The lowest BCUT2D eigenvalue weighted by Gasteiger charge is -2.35. The predicted octanol–water partition coefficient (Wildman–Crippen LogP) is 4.79. The topological polar surface area (TPSA) is 18.5 Å². The van der Waals surface area contributed by atoms with Crippen molar-refractivity contribution < 1.29 is 22.0 Å². The zero-order valence-electron chi connectivity index (χ0n) is 15.2. The van der Waals surface area contributed by atoms with Crippen molar-refractivity contribution in [2.24, 2.45) is 0 Å². The fraction of sp³-hybridized carbons (Fsp3) is 0.400. The summed E-state index contributed by atoms with van der Waals surface area (Å²) in [5.41, 5.74) is 0. The van der Waals surface area contributed by atoms with Crippen LogP contribution < -0.4 is 10.4 Å². The van der Waals surface area contributed by atoms with Crippen molar-refractivity contribution in [1.82, 2.24) is 0 Å². The van der Waals surface area contributed by atoms with Gasteiger partial charge < -0.3 is 8.85 Å². The van der Waals surface area contributed by atoms with Crippen LogP contribution in [0.25, 0.3) is 0 Å². The molecule has 2 nitrogen and oxygen atoms in total. The van der Waals surface area contributed by atoms with Gasteiger partial charge in [0, 0.05) is 11.9 Å². The summed E-state index contributed by atoms with van der Waals surface area (Å²) in [6.45, 7) is 2.43. The minimum absolute atomic E-state index is 0.344. The highest BCUT2D eigenvalue weighted by atomic mass is 79.9. The molecule has 0 aromatic heterocycles. The van der Waals surface area contributed by atoms with Crippen molar-refractivity contribution in [2.75, 3.05) is 11.9 Å². The molecule has 27 heavy (non-hydrogen) atoms. The summed E-state index contributed by atoms with van der Waals surface area (Å²) in [7, 11) is -3.54. The lowest BCUT2D eigenvalue weighted by molar-refractivity contribution is -0.192. The molecule has 2 aromatic carbocycles. The normalized spacial score (nSPS) is 13.5. The lowest BCUT2D eigenvalue weighted by Crippen LogP contribution is -2.66. The summed E-state index contributed by atoms with van der Waals surface area (Å²) in [6, 6.07) is 18.0. The maximum atomic E-state index is 13.5. The first kappa shape index (κ1) is 22.1. The molecule has 148 valence electrons. The van der Waals surface area contributed by atoms with Gasteiger partial charge in [-0.2, -0.15) is 13.2 Å². The van der Waals surface area contributed by atoms with Gasteiger partial charge in [-0.1, -0.05) is 96.4 Å². The summed E-state index contributed by atoms with van der Waals surface area (Å²) in [5, 5.41) is 0.995. The maximum Gasteiger partial charge on any atom is 0.414 e. The molecular weight excluding hydrogens is 437 g/mol. The first-order valence-corrected chi connectivity index (χ1v) is 11.9. The fourth-order valence-corrected chi connectivity index (χ4v) is 6.83. The Morgan fingerprint density at radius 1 is 0.926 bits per heavy atom. The highest BCUT2D eigenvalue weighted by Gasteiger charge is 2.51. The van der Waals surface area contributed by atoms with Crippen molar-refractivity contribution in [2.45, 2.75) is 38.5 Å². The molecular formula is C20H24BrF3O2Si. The van der Waals surface area contributed by atoms with Crippen LogP contribution in [0.1, 0.15) is 26.2 Å². The second kappa shape index (κ2) is 10.4. The quantitative estimate of drug-likeness (QED) is 0.288. The molecule has 0 saturated heterocycles. The predicted molar refractivity (Wildman–Crippen MR) is 108 cm³/mol.